The Morgan fingerprint density at radius 2 is 1.90 bits per heavy atom. The van der Waals surface area contributed by atoms with Crippen LogP contribution in [0.15, 0.2) is 54.7 Å². The van der Waals surface area contributed by atoms with E-state index in [1.165, 1.54) is 11.8 Å². The second kappa shape index (κ2) is 8.29. The quantitative estimate of drug-likeness (QED) is 0.594. The third-order valence-corrected chi connectivity index (χ3v) is 5.74. The van der Waals surface area contributed by atoms with E-state index in [2.05, 4.69) is 17.1 Å². The highest BCUT2D eigenvalue weighted by Gasteiger charge is 2.27. The van der Waals surface area contributed by atoms with E-state index in [-0.39, 0.29) is 11.6 Å². The van der Waals surface area contributed by atoms with E-state index in [1.807, 2.05) is 29.2 Å². The Balaban J connectivity index is 1.56. The lowest BCUT2D eigenvalue weighted by atomic mass is 9.88. The average Bonchev–Trinajstić information content (AvgIpc) is 2.77. The summed E-state index contributed by atoms with van der Waals surface area (Å²) in [5.74, 6) is 0.314. The first-order chi connectivity index (χ1) is 14.1. The lowest BCUT2D eigenvalue weighted by Gasteiger charge is -2.33. The summed E-state index contributed by atoms with van der Waals surface area (Å²) in [7, 11) is 0. The molecule has 0 aliphatic carbocycles. The zero-order chi connectivity index (χ0) is 20.4. The molecule has 1 aliphatic heterocycles. The monoisotopic (exact) mass is 391 g/mol. The maximum absolute atomic E-state index is 13.3. The van der Waals surface area contributed by atoms with Crippen molar-refractivity contribution in [2.75, 3.05) is 13.1 Å². The fraction of sp³-hybridized carbons (Fsp3) is 0.304. The normalized spacial score (nSPS) is 15.2. The smallest absolute Gasteiger partial charge is 0.254 e. The molecule has 3 aromatic rings. The van der Waals surface area contributed by atoms with Crippen LogP contribution in [0, 0.1) is 0 Å². The highest BCUT2D eigenvalue weighted by Crippen LogP contribution is 2.31. The van der Waals surface area contributed by atoms with Gasteiger partial charge in [0.25, 0.3) is 5.91 Å². The average molecular weight is 391 g/mol. The highest BCUT2D eigenvalue weighted by atomic mass is 16.5. The number of piperidine rings is 1. The number of likely N-dealkylation sites (tertiary alicyclic amines) is 1. The predicted octanol–water partition coefficient (Wildman–Crippen LogP) is 2.70. The number of aromatic nitrogens is 1. The van der Waals surface area contributed by atoms with E-state index in [0.717, 1.165) is 23.8 Å². The van der Waals surface area contributed by atoms with E-state index in [9.17, 15) is 15.0 Å². The molecule has 0 saturated carbocycles. The van der Waals surface area contributed by atoms with Crippen molar-refractivity contribution in [2.24, 2.45) is 5.73 Å². The maximum Gasteiger partial charge on any atom is 0.254 e. The summed E-state index contributed by atoms with van der Waals surface area (Å²) in [4.78, 5) is 19.2. The minimum atomic E-state index is -1.73. The number of hydrogen-bond donors (Lipinski definition) is 3. The molecule has 0 unspecified atom stereocenters. The molecule has 150 valence electrons. The van der Waals surface area contributed by atoms with Crippen LogP contribution in [-0.4, -0.2) is 39.1 Å². The molecule has 0 spiro atoms. The zero-order valence-corrected chi connectivity index (χ0v) is 16.2. The summed E-state index contributed by atoms with van der Waals surface area (Å²) in [6.07, 6.45) is 1.57. The number of carbonyl (C=O) groups excluding carboxylic acids is 1. The number of benzene rings is 2. The lowest BCUT2D eigenvalue weighted by molar-refractivity contribution is -0.0445. The number of fused-ring (bicyclic) bond motifs is 1. The van der Waals surface area contributed by atoms with Crippen LogP contribution < -0.4 is 5.73 Å². The molecule has 1 aliphatic rings. The van der Waals surface area contributed by atoms with Crippen LogP contribution in [0.5, 0.6) is 0 Å². The van der Waals surface area contributed by atoms with E-state index in [1.54, 1.807) is 12.1 Å². The molecular formula is C23H25N3O3. The van der Waals surface area contributed by atoms with Crippen LogP contribution in [0.3, 0.4) is 0 Å². The van der Waals surface area contributed by atoms with Gasteiger partial charge in [-0.25, -0.2) is 0 Å². The number of amides is 1. The molecule has 0 atom stereocenters. The van der Waals surface area contributed by atoms with Gasteiger partial charge in [-0.05, 0) is 47.4 Å². The number of carbonyl (C=O) groups is 1. The van der Waals surface area contributed by atoms with E-state index >= 15 is 0 Å². The Morgan fingerprint density at radius 1 is 1.14 bits per heavy atom. The van der Waals surface area contributed by atoms with Crippen LogP contribution >= 0.6 is 0 Å². The number of aliphatic hydroxyl groups is 2. The van der Waals surface area contributed by atoms with Crippen molar-refractivity contribution >= 4 is 16.7 Å². The first kappa shape index (κ1) is 19.5. The molecule has 1 saturated heterocycles. The van der Waals surface area contributed by atoms with Gasteiger partial charge in [-0.3, -0.25) is 9.78 Å². The number of pyridine rings is 1. The molecule has 6 heteroatoms. The van der Waals surface area contributed by atoms with Crippen molar-refractivity contribution in [3.8, 4) is 0 Å². The topological polar surface area (TPSA) is 99.7 Å². The summed E-state index contributed by atoms with van der Waals surface area (Å²) in [5, 5.41) is 20.7. The van der Waals surface area contributed by atoms with Crippen molar-refractivity contribution < 1.29 is 15.0 Å². The van der Waals surface area contributed by atoms with Gasteiger partial charge in [-0.2, -0.15) is 0 Å². The van der Waals surface area contributed by atoms with Gasteiger partial charge in [0.1, 0.15) is 5.69 Å². The molecule has 1 amide bonds. The highest BCUT2D eigenvalue weighted by molar-refractivity contribution is 6.08. The van der Waals surface area contributed by atoms with Crippen molar-refractivity contribution in [3.63, 3.8) is 0 Å². The summed E-state index contributed by atoms with van der Waals surface area (Å²) >= 11 is 0. The lowest BCUT2D eigenvalue weighted by Crippen LogP contribution is -2.38. The van der Waals surface area contributed by atoms with Crippen LogP contribution in [-0.2, 0) is 6.54 Å². The number of rotatable bonds is 4. The number of nitrogens with zero attached hydrogens (tertiary/aromatic N) is 2. The van der Waals surface area contributed by atoms with Crippen LogP contribution in [0.1, 0.15) is 52.2 Å². The van der Waals surface area contributed by atoms with Gasteiger partial charge < -0.3 is 20.8 Å². The Hall–Kier alpha value is -2.80. The Morgan fingerprint density at radius 3 is 2.62 bits per heavy atom. The molecule has 2 heterocycles. The van der Waals surface area contributed by atoms with Crippen molar-refractivity contribution in [2.45, 2.75) is 31.6 Å². The third-order valence-electron chi connectivity index (χ3n) is 5.74. The van der Waals surface area contributed by atoms with Gasteiger partial charge in [0.15, 0.2) is 6.29 Å². The van der Waals surface area contributed by atoms with Crippen molar-refractivity contribution in [1.29, 1.82) is 0 Å². The molecule has 4 N–H and O–H groups in total. The minimum Gasteiger partial charge on any atom is -0.363 e. The standard InChI is InChI=1S/C23H25N3O3/c24-14-15-3-1-5-18(13-15)16-8-11-26(12-9-16)22(27)19-6-2-4-17-7-10-25-21(20(17)19)23(28)29/h1-7,10,13,16,23,28-29H,8-9,11-12,14,24H2. The molecule has 1 fully saturated rings. The molecule has 6 nitrogen and oxygen atoms in total. The first-order valence-electron chi connectivity index (χ1n) is 9.90. The summed E-state index contributed by atoms with van der Waals surface area (Å²) in [6, 6.07) is 15.5. The molecule has 2 aromatic carbocycles. The molecule has 4 rings (SSSR count). The van der Waals surface area contributed by atoms with Crippen molar-refractivity contribution in [3.05, 3.63) is 77.1 Å². The predicted molar refractivity (Wildman–Crippen MR) is 111 cm³/mol. The maximum atomic E-state index is 13.3. The Kier molecular flexibility index (Phi) is 5.58. The van der Waals surface area contributed by atoms with Gasteiger partial charge in [-0.15, -0.1) is 0 Å². The van der Waals surface area contributed by atoms with Crippen molar-refractivity contribution in [1.82, 2.24) is 9.88 Å². The third kappa shape index (κ3) is 3.87. The zero-order valence-electron chi connectivity index (χ0n) is 16.2. The summed E-state index contributed by atoms with van der Waals surface area (Å²) in [6.45, 7) is 1.84. The number of hydrogen-bond acceptors (Lipinski definition) is 5. The molecule has 0 radical (unpaired) electrons. The molecule has 29 heavy (non-hydrogen) atoms. The molecular weight excluding hydrogens is 366 g/mol. The molecule has 0 bridgehead atoms. The van der Waals surface area contributed by atoms with Crippen LogP contribution in [0.4, 0.5) is 0 Å². The van der Waals surface area contributed by atoms with E-state index in [4.69, 9.17) is 5.73 Å². The van der Waals surface area contributed by atoms with E-state index in [0.29, 0.717) is 36.5 Å². The first-order valence-corrected chi connectivity index (χ1v) is 9.90. The van der Waals surface area contributed by atoms with Gasteiger partial charge in [0.2, 0.25) is 0 Å². The largest absolute Gasteiger partial charge is 0.363 e. The number of nitrogens with two attached hydrogens (primary N) is 1. The van der Waals surface area contributed by atoms with Crippen LogP contribution in [0.2, 0.25) is 0 Å². The van der Waals surface area contributed by atoms with Crippen LogP contribution in [0.25, 0.3) is 10.8 Å². The fourth-order valence-electron chi connectivity index (χ4n) is 4.19. The van der Waals surface area contributed by atoms with Gasteiger partial charge in [0, 0.05) is 36.8 Å². The summed E-state index contributed by atoms with van der Waals surface area (Å²) < 4.78 is 0. The number of aliphatic hydroxyl groups excluding tert-OH is 1. The fourth-order valence-corrected chi connectivity index (χ4v) is 4.19. The molecule has 1 aromatic heterocycles. The second-order valence-electron chi connectivity index (χ2n) is 7.49. The van der Waals surface area contributed by atoms with Gasteiger partial charge in [-0.1, -0.05) is 36.4 Å². The van der Waals surface area contributed by atoms with E-state index < -0.39 is 6.29 Å². The van der Waals surface area contributed by atoms with Gasteiger partial charge in [0.05, 0.1) is 0 Å². The Bertz CT molecular complexity index is 1020. The summed E-state index contributed by atoms with van der Waals surface area (Å²) in [5.41, 5.74) is 8.73. The Labute approximate surface area is 169 Å². The minimum absolute atomic E-state index is 0.0975. The second-order valence-corrected chi connectivity index (χ2v) is 7.49. The SMILES string of the molecule is NCc1cccc(C2CCN(C(=O)c3cccc4ccnc(C(O)O)c34)CC2)c1. The van der Waals surface area contributed by atoms with Gasteiger partial charge >= 0.3 is 0 Å².